The second-order valence-electron chi connectivity index (χ2n) is 7.49. The molecule has 1 saturated carbocycles. The topological polar surface area (TPSA) is 89.9 Å². The molecule has 2 aliphatic rings. The largest absolute Gasteiger partial charge is 0.336 e. The maximum Gasteiger partial charge on any atom is 0.280 e. The Balaban J connectivity index is 1.32. The summed E-state index contributed by atoms with van der Waals surface area (Å²) >= 11 is 0. The van der Waals surface area contributed by atoms with Gasteiger partial charge in [-0.1, -0.05) is 10.4 Å². The van der Waals surface area contributed by atoms with Crippen molar-refractivity contribution in [3.63, 3.8) is 0 Å². The third kappa shape index (κ3) is 3.50. The molecule has 2 fully saturated rings. The van der Waals surface area contributed by atoms with Crippen molar-refractivity contribution in [3.8, 4) is 11.6 Å². The quantitative estimate of drug-likeness (QED) is 0.669. The van der Waals surface area contributed by atoms with Crippen LogP contribution in [0.3, 0.4) is 0 Å². The molecule has 1 saturated heterocycles. The predicted octanol–water partition coefficient (Wildman–Crippen LogP) is 2.96. The fourth-order valence-corrected chi connectivity index (χ4v) is 3.59. The standard InChI is InChI=1S/C19H18F2N6O2/c20-12-5-6-15(21)14(8-12)19(28)26-7-1-2-13(9-26)27-10-16(23-25-27)18-22-17(24-29-18)11-3-4-11/h5-6,8,10-11,13H,1-4,7,9H2/t13-/m1/s1. The van der Waals surface area contributed by atoms with E-state index in [0.29, 0.717) is 36.4 Å². The van der Waals surface area contributed by atoms with Crippen LogP contribution in [-0.2, 0) is 0 Å². The number of carbonyl (C=O) groups is 1. The van der Waals surface area contributed by atoms with Gasteiger partial charge in [-0.2, -0.15) is 4.98 Å². The van der Waals surface area contributed by atoms with E-state index < -0.39 is 17.5 Å². The summed E-state index contributed by atoms with van der Waals surface area (Å²) in [4.78, 5) is 18.6. The number of halogens is 2. The monoisotopic (exact) mass is 400 g/mol. The Morgan fingerprint density at radius 3 is 2.90 bits per heavy atom. The molecular weight excluding hydrogens is 382 g/mol. The first-order valence-corrected chi connectivity index (χ1v) is 9.58. The van der Waals surface area contributed by atoms with Crippen molar-refractivity contribution in [2.24, 2.45) is 0 Å². The molecule has 1 aliphatic heterocycles. The molecule has 1 amide bonds. The number of hydrogen-bond acceptors (Lipinski definition) is 6. The molecule has 5 rings (SSSR count). The number of carbonyl (C=O) groups excluding carboxylic acids is 1. The molecule has 0 spiro atoms. The molecule has 10 heteroatoms. The van der Waals surface area contributed by atoms with Gasteiger partial charge in [0.05, 0.1) is 17.8 Å². The Hall–Kier alpha value is -3.17. The highest BCUT2D eigenvalue weighted by atomic mass is 19.1. The first-order chi connectivity index (χ1) is 14.1. The highest BCUT2D eigenvalue weighted by Gasteiger charge is 2.31. The molecule has 0 N–H and O–H groups in total. The third-order valence-electron chi connectivity index (χ3n) is 5.33. The third-order valence-corrected chi connectivity index (χ3v) is 5.33. The van der Waals surface area contributed by atoms with Crippen LogP contribution < -0.4 is 0 Å². The van der Waals surface area contributed by atoms with Crippen LogP contribution in [0.1, 0.15) is 53.8 Å². The summed E-state index contributed by atoms with van der Waals surface area (Å²) in [5, 5.41) is 12.2. The van der Waals surface area contributed by atoms with Crippen molar-refractivity contribution in [3.05, 3.63) is 47.4 Å². The summed E-state index contributed by atoms with van der Waals surface area (Å²) in [6, 6.07) is 2.76. The molecule has 0 bridgehead atoms. The summed E-state index contributed by atoms with van der Waals surface area (Å²) in [5.41, 5.74) is 0.215. The van der Waals surface area contributed by atoms with Crippen molar-refractivity contribution < 1.29 is 18.1 Å². The number of benzene rings is 1. The smallest absolute Gasteiger partial charge is 0.280 e. The van der Waals surface area contributed by atoms with Crippen LogP contribution >= 0.6 is 0 Å². The minimum Gasteiger partial charge on any atom is -0.336 e. The zero-order valence-corrected chi connectivity index (χ0v) is 15.5. The van der Waals surface area contributed by atoms with E-state index in [9.17, 15) is 13.6 Å². The molecule has 0 unspecified atom stereocenters. The summed E-state index contributed by atoms with van der Waals surface area (Å²) in [6.07, 6.45) is 5.36. The number of piperidine rings is 1. The second kappa shape index (κ2) is 7.02. The van der Waals surface area contributed by atoms with E-state index in [-0.39, 0.29) is 11.6 Å². The molecule has 0 radical (unpaired) electrons. The Morgan fingerprint density at radius 1 is 1.21 bits per heavy atom. The Labute approximate surface area is 164 Å². The van der Waals surface area contributed by atoms with E-state index >= 15 is 0 Å². The fraction of sp³-hybridized carbons (Fsp3) is 0.421. The summed E-state index contributed by atoms with van der Waals surface area (Å²) in [7, 11) is 0. The summed E-state index contributed by atoms with van der Waals surface area (Å²) in [6.45, 7) is 0.802. The summed E-state index contributed by atoms with van der Waals surface area (Å²) in [5.74, 6) is -0.509. The van der Waals surface area contributed by atoms with Gasteiger partial charge in [0.1, 0.15) is 11.6 Å². The number of likely N-dealkylation sites (tertiary alicyclic amines) is 1. The Bertz CT molecular complexity index is 1060. The molecule has 3 aromatic rings. The van der Waals surface area contributed by atoms with Crippen molar-refractivity contribution in [1.82, 2.24) is 30.0 Å². The maximum absolute atomic E-state index is 14.0. The van der Waals surface area contributed by atoms with Crippen LogP contribution in [0.2, 0.25) is 0 Å². The zero-order chi connectivity index (χ0) is 20.0. The highest BCUT2D eigenvalue weighted by Crippen LogP contribution is 2.38. The van der Waals surface area contributed by atoms with E-state index in [1.807, 2.05) is 0 Å². The van der Waals surface area contributed by atoms with Gasteiger partial charge in [0.15, 0.2) is 11.5 Å². The molecule has 2 aromatic heterocycles. The van der Waals surface area contributed by atoms with E-state index in [2.05, 4.69) is 20.5 Å². The van der Waals surface area contributed by atoms with Gasteiger partial charge in [0, 0.05) is 19.0 Å². The fourth-order valence-electron chi connectivity index (χ4n) is 3.59. The van der Waals surface area contributed by atoms with Crippen molar-refractivity contribution in [2.45, 2.75) is 37.6 Å². The molecule has 3 heterocycles. The Morgan fingerprint density at radius 2 is 2.07 bits per heavy atom. The average Bonchev–Trinajstić information content (AvgIpc) is 3.26. The van der Waals surface area contributed by atoms with Crippen LogP contribution in [0.4, 0.5) is 8.78 Å². The van der Waals surface area contributed by atoms with Crippen LogP contribution in [0, 0.1) is 11.6 Å². The average molecular weight is 400 g/mol. The van der Waals surface area contributed by atoms with E-state index in [0.717, 1.165) is 43.9 Å². The van der Waals surface area contributed by atoms with Gasteiger partial charge in [-0.05, 0) is 43.9 Å². The van der Waals surface area contributed by atoms with Crippen LogP contribution in [0.25, 0.3) is 11.6 Å². The number of rotatable bonds is 4. The van der Waals surface area contributed by atoms with Gasteiger partial charge in [-0.3, -0.25) is 4.79 Å². The number of aromatic nitrogens is 5. The predicted molar refractivity (Wildman–Crippen MR) is 95.8 cm³/mol. The lowest BCUT2D eigenvalue weighted by atomic mass is 10.0. The lowest BCUT2D eigenvalue weighted by Crippen LogP contribution is -2.41. The minimum atomic E-state index is -0.732. The van der Waals surface area contributed by atoms with Gasteiger partial charge in [-0.15, -0.1) is 5.10 Å². The van der Waals surface area contributed by atoms with Crippen LogP contribution in [-0.4, -0.2) is 49.0 Å². The van der Waals surface area contributed by atoms with E-state index in [4.69, 9.17) is 4.52 Å². The van der Waals surface area contributed by atoms with E-state index in [1.165, 1.54) is 4.90 Å². The zero-order valence-electron chi connectivity index (χ0n) is 15.5. The number of nitrogens with zero attached hydrogens (tertiary/aromatic N) is 6. The molecule has 8 nitrogen and oxygen atoms in total. The molecule has 150 valence electrons. The lowest BCUT2D eigenvalue weighted by molar-refractivity contribution is 0.0666. The Kier molecular flexibility index (Phi) is 4.33. The summed E-state index contributed by atoms with van der Waals surface area (Å²) < 4.78 is 34.4. The number of hydrogen-bond donors (Lipinski definition) is 0. The van der Waals surface area contributed by atoms with Gasteiger partial charge in [0.2, 0.25) is 0 Å². The molecular formula is C19H18F2N6O2. The van der Waals surface area contributed by atoms with Gasteiger partial charge < -0.3 is 9.42 Å². The van der Waals surface area contributed by atoms with Gasteiger partial charge >= 0.3 is 0 Å². The van der Waals surface area contributed by atoms with Crippen molar-refractivity contribution >= 4 is 5.91 Å². The van der Waals surface area contributed by atoms with Crippen molar-refractivity contribution in [1.29, 1.82) is 0 Å². The normalized spacial score (nSPS) is 19.5. The number of amides is 1. The van der Waals surface area contributed by atoms with Gasteiger partial charge in [-0.25, -0.2) is 13.5 Å². The molecule has 1 atom stereocenters. The lowest BCUT2D eigenvalue weighted by Gasteiger charge is -2.32. The first-order valence-electron chi connectivity index (χ1n) is 9.58. The van der Waals surface area contributed by atoms with E-state index in [1.54, 1.807) is 10.9 Å². The molecule has 1 aromatic carbocycles. The van der Waals surface area contributed by atoms with Crippen molar-refractivity contribution in [2.75, 3.05) is 13.1 Å². The molecule has 29 heavy (non-hydrogen) atoms. The molecule has 1 aliphatic carbocycles. The first kappa shape index (κ1) is 17.9. The SMILES string of the molecule is O=C(c1cc(F)ccc1F)N1CCC[C@@H](n2cc(-c3nc(C4CC4)no3)nn2)C1. The second-order valence-corrected chi connectivity index (χ2v) is 7.49. The highest BCUT2D eigenvalue weighted by molar-refractivity contribution is 5.94. The van der Waals surface area contributed by atoms with Gasteiger partial charge in [0.25, 0.3) is 11.8 Å². The minimum absolute atomic E-state index is 0.128. The maximum atomic E-state index is 14.0. The van der Waals surface area contributed by atoms with Crippen LogP contribution in [0.5, 0.6) is 0 Å². The van der Waals surface area contributed by atoms with Crippen LogP contribution in [0.15, 0.2) is 28.9 Å².